The van der Waals surface area contributed by atoms with E-state index in [4.69, 9.17) is 10.5 Å². The first-order valence-corrected chi connectivity index (χ1v) is 4.26. The summed E-state index contributed by atoms with van der Waals surface area (Å²) in [6, 6.07) is 0. The summed E-state index contributed by atoms with van der Waals surface area (Å²) in [6.07, 6.45) is 2.72. The van der Waals surface area contributed by atoms with Crippen molar-refractivity contribution in [3.63, 3.8) is 0 Å². The van der Waals surface area contributed by atoms with Crippen LogP contribution in [0.15, 0.2) is 12.4 Å². The predicted octanol–water partition coefficient (Wildman–Crippen LogP) is -1.00. The summed E-state index contributed by atoms with van der Waals surface area (Å²) in [5.41, 5.74) is 5.32. The number of carbonyl (C=O) groups is 1. The van der Waals surface area contributed by atoms with Crippen molar-refractivity contribution in [1.82, 2.24) is 15.3 Å². The molecular weight excluding hydrogens is 184 g/mol. The molecule has 0 spiro atoms. The van der Waals surface area contributed by atoms with E-state index in [1.807, 2.05) is 0 Å². The Labute approximate surface area is 81.8 Å². The highest BCUT2D eigenvalue weighted by molar-refractivity contribution is 5.80. The van der Waals surface area contributed by atoms with E-state index in [1.165, 1.54) is 7.11 Å². The van der Waals surface area contributed by atoms with Crippen molar-refractivity contribution in [1.29, 1.82) is 0 Å². The van der Waals surface area contributed by atoms with Crippen molar-refractivity contribution < 1.29 is 9.53 Å². The summed E-state index contributed by atoms with van der Waals surface area (Å²) >= 11 is 0. The number of hydrogen-bond donors (Lipinski definition) is 3. The van der Waals surface area contributed by atoms with E-state index >= 15 is 0 Å². The Morgan fingerprint density at radius 1 is 1.86 bits per heavy atom. The van der Waals surface area contributed by atoms with E-state index in [2.05, 4.69) is 15.3 Å². The van der Waals surface area contributed by atoms with Gasteiger partial charge in [0, 0.05) is 26.0 Å². The lowest BCUT2D eigenvalue weighted by Crippen LogP contribution is -2.40. The van der Waals surface area contributed by atoms with Crippen LogP contribution in [0.4, 0.5) is 0 Å². The van der Waals surface area contributed by atoms with Crippen LogP contribution < -0.4 is 11.1 Å². The van der Waals surface area contributed by atoms with E-state index in [0.29, 0.717) is 12.4 Å². The average molecular weight is 198 g/mol. The van der Waals surface area contributed by atoms with Crippen molar-refractivity contribution in [3.05, 3.63) is 18.2 Å². The standard InChI is InChI=1S/C8H14N4O2/c1-14-6(4-9)8(13)12-5-7-10-2-3-11-7/h2-3,6H,4-5,9H2,1H3,(H,10,11)(H,12,13). The first-order chi connectivity index (χ1) is 6.77. The molecule has 14 heavy (non-hydrogen) atoms. The molecule has 1 aromatic rings. The summed E-state index contributed by atoms with van der Waals surface area (Å²) in [5, 5.41) is 2.65. The third kappa shape index (κ3) is 2.82. The van der Waals surface area contributed by atoms with Gasteiger partial charge in [0.15, 0.2) is 0 Å². The quantitative estimate of drug-likeness (QED) is 0.565. The number of H-pyrrole nitrogens is 1. The molecule has 0 bridgehead atoms. The summed E-state index contributed by atoms with van der Waals surface area (Å²) < 4.78 is 4.86. The fraction of sp³-hybridized carbons (Fsp3) is 0.500. The molecule has 6 nitrogen and oxygen atoms in total. The van der Waals surface area contributed by atoms with Crippen LogP contribution in [-0.2, 0) is 16.1 Å². The average Bonchev–Trinajstić information content (AvgIpc) is 2.69. The number of nitrogens with two attached hydrogens (primary N) is 1. The van der Waals surface area contributed by atoms with Gasteiger partial charge in [-0.05, 0) is 0 Å². The molecule has 0 fully saturated rings. The number of ether oxygens (including phenoxy) is 1. The van der Waals surface area contributed by atoms with Crippen LogP contribution in [0.1, 0.15) is 5.82 Å². The molecule has 0 aliphatic rings. The van der Waals surface area contributed by atoms with Crippen LogP contribution in [0, 0.1) is 0 Å². The van der Waals surface area contributed by atoms with Gasteiger partial charge in [0.1, 0.15) is 11.9 Å². The molecule has 0 aliphatic carbocycles. The van der Waals surface area contributed by atoms with Gasteiger partial charge in [0.2, 0.25) is 0 Å². The molecule has 6 heteroatoms. The molecule has 0 saturated carbocycles. The molecule has 0 radical (unpaired) electrons. The highest BCUT2D eigenvalue weighted by Crippen LogP contribution is 1.90. The second-order valence-electron chi connectivity index (χ2n) is 2.71. The molecule has 1 aromatic heterocycles. The van der Waals surface area contributed by atoms with E-state index in [-0.39, 0.29) is 12.5 Å². The first-order valence-electron chi connectivity index (χ1n) is 4.26. The van der Waals surface area contributed by atoms with Crippen LogP contribution in [0.2, 0.25) is 0 Å². The Hall–Kier alpha value is -1.40. The van der Waals surface area contributed by atoms with Crippen LogP contribution in [-0.4, -0.2) is 35.6 Å². The van der Waals surface area contributed by atoms with Gasteiger partial charge in [-0.3, -0.25) is 4.79 Å². The maximum atomic E-state index is 11.3. The molecule has 1 atom stereocenters. The van der Waals surface area contributed by atoms with Crippen LogP contribution in [0.25, 0.3) is 0 Å². The molecule has 4 N–H and O–H groups in total. The zero-order chi connectivity index (χ0) is 10.4. The Kier molecular flexibility index (Phi) is 4.09. The zero-order valence-electron chi connectivity index (χ0n) is 7.99. The minimum absolute atomic E-state index is 0.167. The zero-order valence-corrected chi connectivity index (χ0v) is 7.99. The van der Waals surface area contributed by atoms with Crippen molar-refractivity contribution in [2.24, 2.45) is 5.73 Å². The van der Waals surface area contributed by atoms with Gasteiger partial charge in [-0.1, -0.05) is 0 Å². The van der Waals surface area contributed by atoms with Crippen molar-refractivity contribution in [2.45, 2.75) is 12.6 Å². The highest BCUT2D eigenvalue weighted by Gasteiger charge is 2.14. The van der Waals surface area contributed by atoms with Crippen LogP contribution in [0.3, 0.4) is 0 Å². The predicted molar refractivity (Wildman–Crippen MR) is 50.3 cm³/mol. The molecule has 0 aliphatic heterocycles. The number of methoxy groups -OCH3 is 1. The molecule has 1 heterocycles. The third-order valence-electron chi connectivity index (χ3n) is 1.78. The molecular formula is C8H14N4O2. The minimum atomic E-state index is -0.593. The number of nitrogens with one attached hydrogen (secondary N) is 2. The Morgan fingerprint density at radius 3 is 3.14 bits per heavy atom. The van der Waals surface area contributed by atoms with Gasteiger partial charge in [0.25, 0.3) is 5.91 Å². The lowest BCUT2D eigenvalue weighted by Gasteiger charge is -2.11. The van der Waals surface area contributed by atoms with Crippen LogP contribution >= 0.6 is 0 Å². The van der Waals surface area contributed by atoms with Crippen molar-refractivity contribution in [2.75, 3.05) is 13.7 Å². The highest BCUT2D eigenvalue weighted by atomic mass is 16.5. The second kappa shape index (κ2) is 5.36. The molecule has 0 aromatic carbocycles. The van der Waals surface area contributed by atoms with E-state index in [0.717, 1.165) is 0 Å². The van der Waals surface area contributed by atoms with Crippen molar-refractivity contribution in [3.8, 4) is 0 Å². The van der Waals surface area contributed by atoms with E-state index in [1.54, 1.807) is 12.4 Å². The van der Waals surface area contributed by atoms with Crippen LogP contribution in [0.5, 0.6) is 0 Å². The third-order valence-corrected chi connectivity index (χ3v) is 1.78. The van der Waals surface area contributed by atoms with E-state index < -0.39 is 6.10 Å². The minimum Gasteiger partial charge on any atom is -0.370 e. The summed E-state index contributed by atoms with van der Waals surface area (Å²) in [6.45, 7) is 0.520. The Bertz CT molecular complexity index is 269. The first kappa shape index (κ1) is 10.7. The maximum absolute atomic E-state index is 11.3. The van der Waals surface area contributed by atoms with Crippen molar-refractivity contribution >= 4 is 5.91 Å². The van der Waals surface area contributed by atoms with Gasteiger partial charge in [-0.15, -0.1) is 0 Å². The summed E-state index contributed by atoms with van der Waals surface area (Å²) in [4.78, 5) is 18.2. The normalized spacial score (nSPS) is 12.4. The second-order valence-corrected chi connectivity index (χ2v) is 2.71. The topological polar surface area (TPSA) is 93.0 Å². The number of nitrogens with zero attached hydrogens (tertiary/aromatic N) is 1. The summed E-state index contributed by atoms with van der Waals surface area (Å²) in [5.74, 6) is 0.469. The molecule has 78 valence electrons. The largest absolute Gasteiger partial charge is 0.370 e. The number of imidazole rings is 1. The molecule has 1 amide bonds. The molecule has 1 rings (SSSR count). The van der Waals surface area contributed by atoms with Gasteiger partial charge >= 0.3 is 0 Å². The lowest BCUT2D eigenvalue weighted by molar-refractivity contribution is -0.130. The fourth-order valence-corrected chi connectivity index (χ4v) is 0.990. The smallest absolute Gasteiger partial charge is 0.250 e. The number of amides is 1. The maximum Gasteiger partial charge on any atom is 0.250 e. The van der Waals surface area contributed by atoms with Gasteiger partial charge in [-0.2, -0.15) is 0 Å². The van der Waals surface area contributed by atoms with Gasteiger partial charge in [-0.25, -0.2) is 4.98 Å². The number of aromatic amines is 1. The lowest BCUT2D eigenvalue weighted by atomic mass is 10.3. The molecule has 1 unspecified atom stereocenters. The van der Waals surface area contributed by atoms with E-state index in [9.17, 15) is 4.79 Å². The van der Waals surface area contributed by atoms with Gasteiger partial charge in [0.05, 0.1) is 6.54 Å². The Morgan fingerprint density at radius 2 is 2.64 bits per heavy atom. The number of hydrogen-bond acceptors (Lipinski definition) is 4. The number of rotatable bonds is 5. The molecule has 0 saturated heterocycles. The number of carbonyl (C=O) groups excluding carboxylic acids is 1. The SMILES string of the molecule is COC(CN)C(=O)NCc1ncc[nH]1. The van der Waals surface area contributed by atoms with Gasteiger partial charge < -0.3 is 20.8 Å². The summed E-state index contributed by atoms with van der Waals surface area (Å²) in [7, 11) is 1.45. The monoisotopic (exact) mass is 198 g/mol. The number of aromatic nitrogens is 2. The fourth-order valence-electron chi connectivity index (χ4n) is 0.990. The Balaban J connectivity index is 2.34.